The largest absolute Gasteiger partial charge is 0.458 e. The van der Waals surface area contributed by atoms with Crippen molar-refractivity contribution in [3.05, 3.63) is 11.6 Å². The lowest BCUT2D eigenvalue weighted by Gasteiger charge is -2.59. The fourth-order valence-corrected chi connectivity index (χ4v) is 7.49. The molecule has 0 aromatic rings. The van der Waals surface area contributed by atoms with E-state index in [1.165, 1.54) is 12.5 Å². The summed E-state index contributed by atoms with van der Waals surface area (Å²) in [5.41, 5.74) is 0.894. The molecule has 1 unspecified atom stereocenters. The van der Waals surface area contributed by atoms with Crippen molar-refractivity contribution in [1.82, 2.24) is 0 Å². The van der Waals surface area contributed by atoms with Crippen LogP contribution in [0.2, 0.25) is 0 Å². The van der Waals surface area contributed by atoms with E-state index in [-0.39, 0.29) is 40.8 Å². The van der Waals surface area contributed by atoms with Gasteiger partial charge in [-0.3, -0.25) is 14.4 Å². The molecule has 4 rings (SSSR count). The van der Waals surface area contributed by atoms with Gasteiger partial charge >= 0.3 is 5.97 Å². The van der Waals surface area contributed by atoms with E-state index < -0.39 is 12.1 Å². The van der Waals surface area contributed by atoms with E-state index >= 15 is 0 Å². The molecule has 0 aliphatic heterocycles. The predicted octanol–water partition coefficient (Wildman–Crippen LogP) is 3.24. The Hall–Kier alpha value is -1.49. The molecule has 0 heterocycles. The first-order chi connectivity index (χ1) is 13.2. The second kappa shape index (κ2) is 6.79. The molecule has 0 aromatic carbocycles. The van der Waals surface area contributed by atoms with E-state index in [9.17, 15) is 19.5 Å². The predicted molar refractivity (Wildman–Crippen MR) is 103 cm³/mol. The molecule has 1 N–H and O–H groups in total. The van der Waals surface area contributed by atoms with E-state index in [4.69, 9.17) is 4.74 Å². The number of carbonyl (C=O) groups excluding carboxylic acids is 3. The van der Waals surface area contributed by atoms with Crippen molar-refractivity contribution in [3.8, 4) is 0 Å². The monoisotopic (exact) mass is 388 g/mol. The summed E-state index contributed by atoms with van der Waals surface area (Å²) in [5, 5.41) is 11.3. The summed E-state index contributed by atoms with van der Waals surface area (Å²) < 4.78 is 4.98. The number of esters is 1. The average Bonchev–Trinajstić information content (AvgIpc) is 2.96. The molecule has 3 fully saturated rings. The molecule has 0 bridgehead atoms. The fraction of sp³-hybridized carbons (Fsp3) is 0.783. The number of ketones is 2. The van der Waals surface area contributed by atoms with Gasteiger partial charge < -0.3 is 9.84 Å². The molecule has 4 aliphatic carbocycles. The highest BCUT2D eigenvalue weighted by molar-refractivity contribution is 5.91. The second-order valence-corrected chi connectivity index (χ2v) is 10.0. The zero-order chi connectivity index (χ0) is 20.3. The van der Waals surface area contributed by atoms with Gasteiger partial charge in [0.15, 0.2) is 11.6 Å². The van der Waals surface area contributed by atoms with Crippen molar-refractivity contribution in [2.75, 3.05) is 6.61 Å². The van der Waals surface area contributed by atoms with Crippen LogP contribution in [0.4, 0.5) is 0 Å². The number of aliphatic hydroxyl groups excluding tert-OH is 1. The molecule has 0 amide bonds. The number of Topliss-reactive ketones (excluding diaryl/α,β-unsaturated/α-hetero) is 1. The Labute approximate surface area is 166 Å². The first kappa shape index (κ1) is 19.8. The fourth-order valence-electron chi connectivity index (χ4n) is 7.49. The normalized spacial score (nSPS) is 44.8. The summed E-state index contributed by atoms with van der Waals surface area (Å²) in [6.45, 7) is 5.58. The van der Waals surface area contributed by atoms with Gasteiger partial charge in [0.1, 0.15) is 6.61 Å². The maximum Gasteiger partial charge on any atom is 0.303 e. The maximum absolute atomic E-state index is 12.8. The summed E-state index contributed by atoms with van der Waals surface area (Å²) in [6, 6.07) is 0. The van der Waals surface area contributed by atoms with E-state index in [0.717, 1.165) is 32.1 Å². The van der Waals surface area contributed by atoms with Crippen LogP contribution in [-0.2, 0) is 19.1 Å². The highest BCUT2D eigenvalue weighted by Gasteiger charge is 2.62. The Kier molecular flexibility index (Phi) is 4.80. The lowest BCUT2D eigenvalue weighted by Crippen LogP contribution is -2.57. The summed E-state index contributed by atoms with van der Waals surface area (Å²) in [5.74, 6) is 0.600. The van der Waals surface area contributed by atoms with Crippen molar-refractivity contribution in [3.63, 3.8) is 0 Å². The summed E-state index contributed by atoms with van der Waals surface area (Å²) in [6.07, 6.45) is 7.12. The van der Waals surface area contributed by atoms with E-state index in [1.807, 2.05) is 6.08 Å². The van der Waals surface area contributed by atoms with E-state index in [0.29, 0.717) is 24.7 Å². The zero-order valence-corrected chi connectivity index (χ0v) is 17.2. The van der Waals surface area contributed by atoms with Gasteiger partial charge in [0, 0.05) is 19.3 Å². The van der Waals surface area contributed by atoms with Crippen LogP contribution in [0.1, 0.15) is 65.7 Å². The number of hydrogen-bond donors (Lipinski definition) is 1. The molecular weight excluding hydrogens is 356 g/mol. The van der Waals surface area contributed by atoms with Crippen LogP contribution in [0, 0.1) is 34.5 Å². The molecule has 0 radical (unpaired) electrons. The summed E-state index contributed by atoms with van der Waals surface area (Å²) >= 11 is 0. The molecule has 7 atom stereocenters. The van der Waals surface area contributed by atoms with Gasteiger partial charge in [-0.1, -0.05) is 19.4 Å². The Morgan fingerprint density at radius 3 is 2.68 bits per heavy atom. The lowest BCUT2D eigenvalue weighted by atomic mass is 9.46. The minimum atomic E-state index is -0.463. The molecule has 28 heavy (non-hydrogen) atoms. The van der Waals surface area contributed by atoms with Gasteiger partial charge in [-0.05, 0) is 73.2 Å². The number of ether oxygens (including phenoxy) is 1. The highest BCUT2D eigenvalue weighted by Crippen LogP contribution is 2.66. The Morgan fingerprint density at radius 2 is 1.96 bits per heavy atom. The van der Waals surface area contributed by atoms with Crippen molar-refractivity contribution < 1.29 is 24.2 Å². The first-order valence-electron chi connectivity index (χ1n) is 10.7. The molecule has 3 saturated carbocycles. The van der Waals surface area contributed by atoms with Gasteiger partial charge in [0.25, 0.3) is 0 Å². The van der Waals surface area contributed by atoms with Gasteiger partial charge in [0.2, 0.25) is 0 Å². The number of hydrogen-bond acceptors (Lipinski definition) is 5. The van der Waals surface area contributed by atoms with Crippen LogP contribution >= 0.6 is 0 Å². The third-order valence-corrected chi connectivity index (χ3v) is 8.70. The molecule has 0 spiro atoms. The van der Waals surface area contributed by atoms with Gasteiger partial charge in [-0.15, -0.1) is 0 Å². The highest BCUT2D eigenvalue weighted by atomic mass is 16.5. The van der Waals surface area contributed by atoms with Crippen molar-refractivity contribution in [1.29, 1.82) is 0 Å². The number of fused-ring (bicyclic) bond motifs is 5. The number of allylic oxidation sites excluding steroid dienone is 1. The molecule has 154 valence electrons. The lowest BCUT2D eigenvalue weighted by molar-refractivity contribution is -0.154. The topological polar surface area (TPSA) is 80.7 Å². The van der Waals surface area contributed by atoms with Crippen LogP contribution in [0.3, 0.4) is 0 Å². The maximum atomic E-state index is 12.8. The zero-order valence-electron chi connectivity index (χ0n) is 17.2. The van der Waals surface area contributed by atoms with Gasteiger partial charge in [-0.25, -0.2) is 0 Å². The van der Waals surface area contributed by atoms with E-state index in [1.54, 1.807) is 0 Å². The van der Waals surface area contributed by atoms with E-state index in [2.05, 4.69) is 13.8 Å². The minimum absolute atomic E-state index is 0.00304. The second-order valence-electron chi connectivity index (χ2n) is 10.0. The average molecular weight is 389 g/mol. The van der Waals surface area contributed by atoms with Gasteiger partial charge in [-0.2, -0.15) is 0 Å². The Balaban J connectivity index is 1.61. The van der Waals surface area contributed by atoms with Crippen molar-refractivity contribution in [2.45, 2.75) is 71.8 Å². The van der Waals surface area contributed by atoms with Crippen molar-refractivity contribution >= 4 is 17.5 Å². The first-order valence-corrected chi connectivity index (χ1v) is 10.7. The quantitative estimate of drug-likeness (QED) is 0.751. The Morgan fingerprint density at radius 1 is 1.21 bits per heavy atom. The molecule has 4 aliphatic rings. The molecular formula is C23H32O5. The van der Waals surface area contributed by atoms with Gasteiger partial charge in [0.05, 0.1) is 6.10 Å². The third kappa shape index (κ3) is 2.89. The minimum Gasteiger partial charge on any atom is -0.458 e. The number of rotatable bonds is 3. The van der Waals surface area contributed by atoms with Crippen LogP contribution in [0.25, 0.3) is 0 Å². The third-order valence-electron chi connectivity index (χ3n) is 8.70. The van der Waals surface area contributed by atoms with Crippen LogP contribution < -0.4 is 0 Å². The van der Waals surface area contributed by atoms with Crippen LogP contribution in [0.15, 0.2) is 11.6 Å². The summed E-state index contributed by atoms with van der Waals surface area (Å²) in [4.78, 5) is 35.9. The molecule has 5 heteroatoms. The molecule has 0 aromatic heterocycles. The number of aliphatic hydroxyl groups is 1. The molecule has 5 nitrogen and oxygen atoms in total. The Bertz CT molecular complexity index is 739. The van der Waals surface area contributed by atoms with Crippen LogP contribution in [-0.4, -0.2) is 35.4 Å². The summed E-state index contributed by atoms with van der Waals surface area (Å²) in [7, 11) is 0. The van der Waals surface area contributed by atoms with Crippen LogP contribution in [0.5, 0.6) is 0 Å². The SMILES string of the molecule is CC(=O)OCC(=O)[C@H]1CC[C@H]2[C@@H]3CCC4=CC(=O)CC[C@]4(C)C3[C@@H](O)C[C@]12C. The van der Waals surface area contributed by atoms with Crippen molar-refractivity contribution in [2.24, 2.45) is 34.5 Å². The smallest absolute Gasteiger partial charge is 0.303 e. The number of carbonyl (C=O) groups is 3. The standard InChI is InChI=1S/C23H32O5/c1-13(24)28-12-20(27)18-7-6-17-16-5-4-14-10-15(25)8-9-22(14,2)21(16)19(26)11-23(17,18)3/h10,16-19,21,26H,4-9,11-12H2,1-3H3/t16-,17-,18+,19-,21?,22-,23-/m0/s1. The molecule has 0 saturated heterocycles.